The van der Waals surface area contributed by atoms with Crippen LogP contribution in [-0.2, 0) is 5.21 Å². The molecule has 0 bridgehead atoms. The summed E-state index contributed by atoms with van der Waals surface area (Å²) in [5.41, 5.74) is 0.655. The molecular weight excluding hydrogens is 248 g/mol. The third kappa shape index (κ3) is 1.60. The molecule has 73 valence electrons. The lowest BCUT2D eigenvalue weighted by atomic mass is 10.2. The van der Waals surface area contributed by atoms with E-state index >= 15 is 0 Å². The summed E-state index contributed by atoms with van der Waals surface area (Å²) >= 11 is 3.29. The lowest BCUT2D eigenvalue weighted by Crippen LogP contribution is -2.24. The zero-order chi connectivity index (χ0) is 10.1. The van der Waals surface area contributed by atoms with Gasteiger partial charge in [-0.3, -0.25) is 4.74 Å². The third-order valence-corrected chi connectivity index (χ3v) is 2.55. The molecule has 1 aromatic rings. The zero-order valence-electron chi connectivity index (χ0n) is 7.31. The number of hydrogen-bond donors (Lipinski definition) is 0. The highest BCUT2D eigenvalue weighted by Crippen LogP contribution is 2.15. The Hall–Kier alpha value is -1.07. The fourth-order valence-corrected chi connectivity index (χ4v) is 1.83. The Kier molecular flexibility index (Phi) is 2.43. The molecule has 1 heterocycles. The van der Waals surface area contributed by atoms with E-state index in [1.807, 2.05) is 6.07 Å². The van der Waals surface area contributed by atoms with E-state index in [4.69, 9.17) is 0 Å². The van der Waals surface area contributed by atoms with E-state index in [9.17, 15) is 10.4 Å². The van der Waals surface area contributed by atoms with E-state index in [1.54, 1.807) is 18.2 Å². The summed E-state index contributed by atoms with van der Waals surface area (Å²) in [6.07, 6.45) is 0. The van der Waals surface area contributed by atoms with Crippen LogP contribution in [0.3, 0.4) is 0 Å². The predicted octanol–water partition coefficient (Wildman–Crippen LogP) is 1.37. The fourth-order valence-electron chi connectivity index (χ4n) is 1.43. The molecule has 0 aliphatic carbocycles. The van der Waals surface area contributed by atoms with Crippen LogP contribution in [0.5, 0.6) is 0 Å². The van der Waals surface area contributed by atoms with Gasteiger partial charge >= 0.3 is 5.84 Å². The molecule has 1 aliphatic rings. The molecule has 0 amide bonds. The number of rotatable bonds is 1. The Morgan fingerprint density at radius 3 is 2.86 bits per heavy atom. The van der Waals surface area contributed by atoms with Crippen molar-refractivity contribution in [3.05, 3.63) is 39.5 Å². The summed E-state index contributed by atoms with van der Waals surface area (Å²) in [5, 5.41) is 23.4. The van der Waals surface area contributed by atoms with Crippen LogP contribution in [0.15, 0.2) is 28.7 Å². The van der Waals surface area contributed by atoms with Crippen LogP contribution < -0.4 is 0 Å². The van der Waals surface area contributed by atoms with E-state index < -0.39 is 0 Å². The molecular formula is C9H8BrN2O2. The van der Waals surface area contributed by atoms with Gasteiger partial charge in [-0.05, 0) is 18.2 Å². The van der Waals surface area contributed by atoms with Crippen molar-refractivity contribution < 1.29 is 9.95 Å². The SMILES string of the molecule is [O]N1CC[N+]([O-])=C1c1cccc(Br)c1. The summed E-state index contributed by atoms with van der Waals surface area (Å²) in [6, 6.07) is 7.16. The second-order valence-corrected chi connectivity index (χ2v) is 3.95. The van der Waals surface area contributed by atoms with Gasteiger partial charge in [-0.15, -0.1) is 0 Å². The Balaban J connectivity index is 2.44. The van der Waals surface area contributed by atoms with Crippen molar-refractivity contribution in [1.29, 1.82) is 0 Å². The average Bonchev–Trinajstić information content (AvgIpc) is 2.46. The maximum atomic E-state index is 11.3. The van der Waals surface area contributed by atoms with Crippen LogP contribution in [0, 0.1) is 5.21 Å². The molecule has 0 aromatic heterocycles. The fraction of sp³-hybridized carbons (Fsp3) is 0.222. The third-order valence-electron chi connectivity index (χ3n) is 2.06. The Bertz CT molecular complexity index is 392. The topological polar surface area (TPSA) is 49.2 Å². The maximum absolute atomic E-state index is 11.3. The molecule has 14 heavy (non-hydrogen) atoms. The molecule has 1 radical (unpaired) electrons. The van der Waals surface area contributed by atoms with Crippen LogP contribution in [0.1, 0.15) is 5.56 Å². The van der Waals surface area contributed by atoms with Gasteiger partial charge in [0.25, 0.3) is 0 Å². The number of hydrogen-bond acceptors (Lipinski definition) is 2. The van der Waals surface area contributed by atoms with E-state index in [-0.39, 0.29) is 18.9 Å². The monoisotopic (exact) mass is 255 g/mol. The summed E-state index contributed by atoms with van der Waals surface area (Å²) in [4.78, 5) is 0. The number of hydroxylamine groups is 3. The number of halogens is 1. The van der Waals surface area contributed by atoms with Gasteiger partial charge in [0, 0.05) is 9.68 Å². The highest BCUT2D eigenvalue weighted by molar-refractivity contribution is 9.10. The van der Waals surface area contributed by atoms with Gasteiger partial charge in [-0.2, -0.15) is 0 Å². The van der Waals surface area contributed by atoms with Gasteiger partial charge in [0.1, 0.15) is 6.54 Å². The molecule has 0 spiro atoms. The van der Waals surface area contributed by atoms with Crippen LogP contribution in [0.4, 0.5) is 0 Å². The van der Waals surface area contributed by atoms with E-state index in [0.29, 0.717) is 5.56 Å². The number of amidine groups is 1. The molecule has 0 saturated heterocycles. The van der Waals surface area contributed by atoms with Crippen LogP contribution in [0.25, 0.3) is 0 Å². The van der Waals surface area contributed by atoms with Gasteiger partial charge in [0.2, 0.25) is 0 Å². The standard InChI is InChI=1S/C9H8BrN2O2/c10-8-3-1-2-7(6-8)9-11(13)4-5-12(9)14/h1-3,6H,4-5H2. The molecule has 0 unspecified atom stereocenters. The molecule has 1 aromatic carbocycles. The van der Waals surface area contributed by atoms with Crippen molar-refractivity contribution in [2.75, 3.05) is 13.1 Å². The van der Waals surface area contributed by atoms with Gasteiger partial charge in [-0.25, -0.2) is 0 Å². The van der Waals surface area contributed by atoms with Crippen molar-refractivity contribution in [3.8, 4) is 0 Å². The minimum atomic E-state index is 0.200. The Labute approximate surface area is 89.7 Å². The van der Waals surface area contributed by atoms with Crippen LogP contribution >= 0.6 is 15.9 Å². The molecule has 4 nitrogen and oxygen atoms in total. The summed E-state index contributed by atoms with van der Waals surface area (Å²) in [6.45, 7) is 0.483. The number of nitrogens with zero attached hydrogens (tertiary/aromatic N) is 2. The van der Waals surface area contributed by atoms with Gasteiger partial charge < -0.3 is 5.21 Å². The lowest BCUT2D eigenvalue weighted by molar-refractivity contribution is -0.445. The average molecular weight is 256 g/mol. The van der Waals surface area contributed by atoms with Crippen molar-refractivity contribution in [2.45, 2.75) is 0 Å². The summed E-state index contributed by atoms with van der Waals surface area (Å²) < 4.78 is 1.59. The van der Waals surface area contributed by atoms with Crippen molar-refractivity contribution in [3.63, 3.8) is 0 Å². The maximum Gasteiger partial charge on any atom is 0.315 e. The van der Waals surface area contributed by atoms with Crippen LogP contribution in [-0.4, -0.2) is 28.7 Å². The molecule has 5 heteroatoms. The second kappa shape index (κ2) is 3.59. The zero-order valence-corrected chi connectivity index (χ0v) is 8.90. The first-order valence-corrected chi connectivity index (χ1v) is 5.00. The first-order valence-electron chi connectivity index (χ1n) is 4.21. The minimum absolute atomic E-state index is 0.200. The largest absolute Gasteiger partial charge is 0.715 e. The molecule has 0 fully saturated rings. The Morgan fingerprint density at radius 2 is 2.29 bits per heavy atom. The molecule has 1 aliphatic heterocycles. The highest BCUT2D eigenvalue weighted by atomic mass is 79.9. The smallest absolute Gasteiger partial charge is 0.315 e. The van der Waals surface area contributed by atoms with Gasteiger partial charge in [-0.1, -0.05) is 27.1 Å². The van der Waals surface area contributed by atoms with Gasteiger partial charge in [0.05, 0.1) is 5.56 Å². The molecule has 2 rings (SSSR count). The van der Waals surface area contributed by atoms with Crippen LogP contribution in [0.2, 0.25) is 0 Å². The summed E-state index contributed by atoms with van der Waals surface area (Å²) in [5.74, 6) is 0.200. The van der Waals surface area contributed by atoms with E-state index in [1.165, 1.54) is 0 Å². The predicted molar refractivity (Wildman–Crippen MR) is 54.1 cm³/mol. The van der Waals surface area contributed by atoms with Crippen molar-refractivity contribution in [2.24, 2.45) is 0 Å². The molecule has 0 saturated carbocycles. The number of benzene rings is 1. The first-order chi connectivity index (χ1) is 6.68. The van der Waals surface area contributed by atoms with E-state index in [2.05, 4.69) is 15.9 Å². The Morgan fingerprint density at radius 1 is 1.50 bits per heavy atom. The van der Waals surface area contributed by atoms with Crippen molar-refractivity contribution in [1.82, 2.24) is 5.06 Å². The second-order valence-electron chi connectivity index (χ2n) is 3.04. The molecule has 0 atom stereocenters. The van der Waals surface area contributed by atoms with E-state index in [0.717, 1.165) is 14.3 Å². The normalized spacial score (nSPS) is 16.6. The quantitative estimate of drug-likeness (QED) is 0.562. The summed E-state index contributed by atoms with van der Waals surface area (Å²) in [7, 11) is 0. The highest BCUT2D eigenvalue weighted by Gasteiger charge is 2.29. The minimum Gasteiger partial charge on any atom is -0.715 e. The van der Waals surface area contributed by atoms with Gasteiger partial charge in [0.15, 0.2) is 6.54 Å². The molecule has 0 N–H and O–H groups in total. The van der Waals surface area contributed by atoms with Crippen molar-refractivity contribution >= 4 is 21.8 Å². The first kappa shape index (κ1) is 9.48. The lowest BCUT2D eigenvalue weighted by Gasteiger charge is -2.06.